The predicted octanol–water partition coefficient (Wildman–Crippen LogP) is 3.45. The van der Waals surface area contributed by atoms with Gasteiger partial charge in [0.15, 0.2) is 11.5 Å². The van der Waals surface area contributed by atoms with Crippen LogP contribution in [0.15, 0.2) is 48.7 Å². The first-order valence-corrected chi connectivity index (χ1v) is 13.6. The van der Waals surface area contributed by atoms with Gasteiger partial charge in [-0.3, -0.25) is 9.69 Å². The fourth-order valence-corrected chi connectivity index (χ4v) is 6.52. The molecule has 4 N–H and O–H groups in total. The van der Waals surface area contributed by atoms with Gasteiger partial charge in [-0.1, -0.05) is 37.1 Å². The van der Waals surface area contributed by atoms with Crippen molar-refractivity contribution in [2.45, 2.75) is 56.2 Å². The standard InChI is InChI=1S/C30H37N3O6/c1-38-26-16-19(10-11-25(26)34)28-22-8-5-6-12-30(22,37)13-14-33(28)18-27(35)32-24(29(36)39-2)15-20-17-31-23-9-4-3-7-21(20)23/h3-4,7,9-11,16-17,22,24,28,31,34,37H,5-6,8,12-15,18H2,1-2H3,(H,32,35)/t22-,24+,28+,30+/m1/s1. The fourth-order valence-electron chi connectivity index (χ4n) is 6.52. The van der Waals surface area contributed by atoms with E-state index in [1.54, 1.807) is 12.1 Å². The first kappa shape index (κ1) is 27.0. The number of phenolic OH excluding ortho intramolecular Hbond substituents is 1. The molecule has 208 valence electrons. The Labute approximate surface area is 228 Å². The number of para-hydroxylation sites is 1. The van der Waals surface area contributed by atoms with Crippen molar-refractivity contribution < 1.29 is 29.3 Å². The molecule has 39 heavy (non-hydrogen) atoms. The number of H-pyrrole nitrogens is 1. The number of carbonyl (C=O) groups excluding carboxylic acids is 2. The molecule has 2 aliphatic rings. The van der Waals surface area contributed by atoms with Crippen molar-refractivity contribution in [1.82, 2.24) is 15.2 Å². The summed E-state index contributed by atoms with van der Waals surface area (Å²) in [5, 5.41) is 25.6. The molecule has 1 aliphatic carbocycles. The molecule has 1 amide bonds. The van der Waals surface area contributed by atoms with Crippen LogP contribution in [0, 0.1) is 5.92 Å². The minimum Gasteiger partial charge on any atom is -0.504 e. The van der Waals surface area contributed by atoms with Gasteiger partial charge in [-0.2, -0.15) is 0 Å². The Kier molecular flexibility index (Phi) is 7.81. The van der Waals surface area contributed by atoms with Gasteiger partial charge in [0.05, 0.1) is 26.4 Å². The van der Waals surface area contributed by atoms with Crippen LogP contribution in [0.2, 0.25) is 0 Å². The zero-order chi connectivity index (χ0) is 27.6. The number of aromatic hydroxyl groups is 1. The van der Waals surface area contributed by atoms with Crippen LogP contribution in [-0.4, -0.2) is 70.9 Å². The number of hydrogen-bond donors (Lipinski definition) is 4. The topological polar surface area (TPSA) is 124 Å². The Morgan fingerprint density at radius 2 is 2.00 bits per heavy atom. The quantitative estimate of drug-likeness (QED) is 0.326. The van der Waals surface area contributed by atoms with Gasteiger partial charge in [-0.05, 0) is 48.6 Å². The molecule has 1 aromatic heterocycles. The number of aliphatic hydroxyl groups is 1. The number of esters is 1. The van der Waals surface area contributed by atoms with Crippen molar-refractivity contribution in [2.75, 3.05) is 27.3 Å². The number of carbonyl (C=O) groups is 2. The predicted molar refractivity (Wildman–Crippen MR) is 146 cm³/mol. The monoisotopic (exact) mass is 535 g/mol. The molecule has 2 aromatic carbocycles. The maximum Gasteiger partial charge on any atom is 0.328 e. The van der Waals surface area contributed by atoms with Crippen molar-refractivity contribution in [2.24, 2.45) is 5.92 Å². The number of hydrogen-bond acceptors (Lipinski definition) is 7. The van der Waals surface area contributed by atoms with E-state index in [2.05, 4.69) is 15.2 Å². The van der Waals surface area contributed by atoms with Gasteiger partial charge in [0.1, 0.15) is 6.04 Å². The molecule has 9 heteroatoms. The Hall–Kier alpha value is -3.56. The summed E-state index contributed by atoms with van der Waals surface area (Å²) >= 11 is 0. The van der Waals surface area contributed by atoms with Crippen LogP contribution < -0.4 is 10.1 Å². The number of nitrogens with zero attached hydrogens (tertiary/aromatic N) is 1. The minimum absolute atomic E-state index is 0.0402. The largest absolute Gasteiger partial charge is 0.504 e. The van der Waals surface area contributed by atoms with Crippen molar-refractivity contribution in [3.63, 3.8) is 0 Å². The van der Waals surface area contributed by atoms with Crippen LogP contribution in [0.3, 0.4) is 0 Å². The van der Waals surface area contributed by atoms with Crippen LogP contribution >= 0.6 is 0 Å². The molecule has 2 fully saturated rings. The lowest BCUT2D eigenvalue weighted by Crippen LogP contribution is -2.57. The van der Waals surface area contributed by atoms with Crippen molar-refractivity contribution >= 4 is 22.8 Å². The third kappa shape index (κ3) is 5.46. The van der Waals surface area contributed by atoms with E-state index in [0.717, 1.165) is 47.7 Å². The summed E-state index contributed by atoms with van der Waals surface area (Å²) in [5.41, 5.74) is 1.96. The highest BCUT2D eigenvalue weighted by Crippen LogP contribution is 2.50. The summed E-state index contributed by atoms with van der Waals surface area (Å²) in [5.74, 6) is -0.467. The van der Waals surface area contributed by atoms with Crippen LogP contribution in [0.4, 0.5) is 0 Å². The number of nitrogens with one attached hydrogen (secondary N) is 2. The lowest BCUT2D eigenvalue weighted by Gasteiger charge is -2.52. The summed E-state index contributed by atoms with van der Waals surface area (Å²) in [7, 11) is 2.82. The molecule has 1 saturated carbocycles. The van der Waals surface area contributed by atoms with E-state index >= 15 is 0 Å². The molecule has 1 saturated heterocycles. The minimum atomic E-state index is -0.842. The molecule has 3 aromatic rings. The molecule has 4 atom stereocenters. The molecule has 0 radical (unpaired) electrons. The molecular formula is C30H37N3O6. The van der Waals surface area contributed by atoms with Gasteiger partial charge in [0.2, 0.25) is 5.91 Å². The van der Waals surface area contributed by atoms with Crippen LogP contribution in [-0.2, 0) is 20.7 Å². The molecule has 9 nitrogen and oxygen atoms in total. The molecular weight excluding hydrogens is 498 g/mol. The zero-order valence-electron chi connectivity index (χ0n) is 22.5. The number of aromatic nitrogens is 1. The number of rotatable bonds is 8. The van der Waals surface area contributed by atoms with E-state index in [-0.39, 0.29) is 30.2 Å². The smallest absolute Gasteiger partial charge is 0.328 e. The van der Waals surface area contributed by atoms with Crippen molar-refractivity contribution in [3.8, 4) is 11.5 Å². The number of benzene rings is 2. The molecule has 0 spiro atoms. The van der Waals surface area contributed by atoms with Gasteiger partial charge in [0, 0.05) is 42.0 Å². The van der Waals surface area contributed by atoms with Gasteiger partial charge in [-0.25, -0.2) is 4.79 Å². The van der Waals surface area contributed by atoms with E-state index in [4.69, 9.17) is 9.47 Å². The molecule has 2 heterocycles. The van der Waals surface area contributed by atoms with Crippen LogP contribution in [0.25, 0.3) is 10.9 Å². The Balaban J connectivity index is 1.38. The highest BCUT2D eigenvalue weighted by Gasteiger charge is 2.49. The second-order valence-electron chi connectivity index (χ2n) is 10.8. The summed E-state index contributed by atoms with van der Waals surface area (Å²) in [4.78, 5) is 31.4. The number of piperidine rings is 1. The average molecular weight is 536 g/mol. The Morgan fingerprint density at radius 1 is 1.18 bits per heavy atom. The second kappa shape index (κ2) is 11.3. The molecule has 1 aliphatic heterocycles. The fraction of sp³-hybridized carbons (Fsp3) is 0.467. The first-order valence-electron chi connectivity index (χ1n) is 13.6. The number of amides is 1. The van der Waals surface area contributed by atoms with Gasteiger partial charge in [0.25, 0.3) is 0 Å². The van der Waals surface area contributed by atoms with Crippen LogP contribution in [0.5, 0.6) is 11.5 Å². The normalized spacial score (nSPS) is 24.1. The number of aromatic amines is 1. The highest BCUT2D eigenvalue weighted by atomic mass is 16.5. The van der Waals surface area contributed by atoms with E-state index in [0.29, 0.717) is 25.1 Å². The van der Waals surface area contributed by atoms with Gasteiger partial charge >= 0.3 is 5.97 Å². The third-order valence-corrected chi connectivity index (χ3v) is 8.48. The summed E-state index contributed by atoms with van der Waals surface area (Å²) in [6, 6.07) is 12.0. The number of ether oxygens (including phenoxy) is 2. The van der Waals surface area contributed by atoms with E-state index in [1.165, 1.54) is 14.2 Å². The van der Waals surface area contributed by atoms with Crippen molar-refractivity contribution in [3.05, 3.63) is 59.8 Å². The van der Waals surface area contributed by atoms with Crippen molar-refractivity contribution in [1.29, 1.82) is 0 Å². The maximum atomic E-state index is 13.4. The third-order valence-electron chi connectivity index (χ3n) is 8.48. The molecule has 0 unspecified atom stereocenters. The summed E-state index contributed by atoms with van der Waals surface area (Å²) in [6.07, 6.45) is 6.29. The lowest BCUT2D eigenvalue weighted by atomic mass is 9.66. The summed E-state index contributed by atoms with van der Waals surface area (Å²) in [6.45, 7) is 0.585. The maximum absolute atomic E-state index is 13.4. The first-order chi connectivity index (χ1) is 18.8. The number of likely N-dealkylation sites (tertiary alicyclic amines) is 1. The van der Waals surface area contributed by atoms with Gasteiger partial charge in [-0.15, -0.1) is 0 Å². The summed E-state index contributed by atoms with van der Waals surface area (Å²) < 4.78 is 10.4. The Morgan fingerprint density at radius 3 is 2.79 bits per heavy atom. The van der Waals surface area contributed by atoms with E-state index < -0.39 is 17.6 Å². The number of methoxy groups -OCH3 is 2. The van der Waals surface area contributed by atoms with E-state index in [1.807, 2.05) is 36.5 Å². The lowest BCUT2D eigenvalue weighted by molar-refractivity contribution is -0.146. The second-order valence-corrected chi connectivity index (χ2v) is 10.8. The number of phenols is 1. The SMILES string of the molecule is COC(=O)[C@H](Cc1c[nH]c2ccccc12)NC(=O)CN1CC[C@@]2(O)CCCC[C@@H]2[C@@H]1c1ccc(O)c(OC)c1. The number of fused-ring (bicyclic) bond motifs is 2. The highest BCUT2D eigenvalue weighted by molar-refractivity contribution is 5.88. The zero-order valence-corrected chi connectivity index (χ0v) is 22.5. The van der Waals surface area contributed by atoms with E-state index in [9.17, 15) is 19.8 Å². The molecule has 0 bridgehead atoms. The van der Waals surface area contributed by atoms with Gasteiger partial charge < -0.3 is 30.0 Å². The average Bonchev–Trinajstić information content (AvgIpc) is 3.35. The van der Waals surface area contributed by atoms with Crippen LogP contribution in [0.1, 0.15) is 49.3 Å². The Bertz CT molecular complexity index is 1340. The molecule has 5 rings (SSSR count).